The molecule has 4 aromatic carbocycles. The molecule has 12 aromatic rings. The number of aliphatic hydroxyl groups is 5. The zero-order valence-electron chi connectivity index (χ0n) is 63.4. The minimum Gasteiger partial charge on any atom is -0.450 e. The van der Waals surface area contributed by atoms with Crippen molar-refractivity contribution in [1.29, 1.82) is 0 Å². The molecule has 19 heteroatoms. The smallest absolute Gasteiger partial charge is 0.410 e. The predicted octanol–water partition coefficient (Wildman–Crippen LogP) is 14.1. The molecular weight excluding hydrogens is 1330 g/mol. The average molecular weight is 1430 g/mol. The summed E-state index contributed by atoms with van der Waals surface area (Å²) in [7, 11) is 6.51. The van der Waals surface area contributed by atoms with Crippen LogP contribution in [0.15, 0.2) is 171 Å². The van der Waals surface area contributed by atoms with Crippen molar-refractivity contribution in [2.75, 3.05) is 53.9 Å². The van der Waals surface area contributed by atoms with Gasteiger partial charge in [-0.1, -0.05) is 63.1 Å². The van der Waals surface area contributed by atoms with Crippen molar-refractivity contribution in [3.63, 3.8) is 0 Å². The first-order valence-corrected chi connectivity index (χ1v) is 37.5. The van der Waals surface area contributed by atoms with Crippen LogP contribution in [0, 0.1) is 13.8 Å². The minimum absolute atomic E-state index is 0.0349. The zero-order valence-corrected chi connectivity index (χ0v) is 63.4. The topological polar surface area (TPSA) is 212 Å². The molecule has 0 spiro atoms. The van der Waals surface area contributed by atoms with Gasteiger partial charge in [0.1, 0.15) is 0 Å². The Kier molecular flexibility index (Phi) is 22.8. The summed E-state index contributed by atoms with van der Waals surface area (Å²) in [6, 6.07) is 41.0. The fourth-order valence-corrected chi connectivity index (χ4v) is 16.6. The largest absolute Gasteiger partial charge is 0.450 e. The molecule has 5 N–H and O–H groups in total. The number of aryl methyl sites for hydroxylation is 2. The number of hydrogen-bond acceptors (Lipinski definition) is 14. The van der Waals surface area contributed by atoms with Crippen LogP contribution in [0.3, 0.4) is 0 Å². The molecule has 5 atom stereocenters. The first kappa shape index (κ1) is 74.8. The number of rotatable bonds is 15. The molecule has 0 fully saturated rings. The van der Waals surface area contributed by atoms with Crippen molar-refractivity contribution in [2.45, 2.75) is 169 Å². The van der Waals surface area contributed by atoms with E-state index in [0.717, 1.165) is 108 Å². The van der Waals surface area contributed by atoms with E-state index >= 15 is 0 Å². The van der Waals surface area contributed by atoms with Gasteiger partial charge in [-0.15, -0.1) is 0 Å². The highest BCUT2D eigenvalue weighted by Crippen LogP contribution is 2.42. The van der Waals surface area contributed by atoms with Crippen molar-refractivity contribution in [2.24, 2.45) is 0 Å². The third-order valence-electron chi connectivity index (χ3n) is 21.9. The molecule has 4 aliphatic rings. The number of amides is 1. The Morgan fingerprint density at radius 2 is 0.783 bits per heavy atom. The first-order chi connectivity index (χ1) is 51.0. The fraction of sp³-hybridized carbons (Fsp3) is 0.391. The number of benzene rings is 4. The van der Waals surface area contributed by atoms with E-state index in [-0.39, 0.29) is 11.5 Å². The van der Waals surface area contributed by atoms with Gasteiger partial charge >= 0.3 is 6.09 Å². The fourth-order valence-electron chi connectivity index (χ4n) is 16.6. The highest BCUT2D eigenvalue weighted by molar-refractivity contribution is 5.90. The van der Waals surface area contributed by atoms with Crippen LogP contribution in [-0.4, -0.2) is 143 Å². The van der Waals surface area contributed by atoms with Crippen molar-refractivity contribution in [3.8, 4) is 0 Å². The Morgan fingerprint density at radius 3 is 1.20 bits per heavy atom. The Hall–Kier alpha value is -9.41. The molecule has 106 heavy (non-hydrogen) atoms. The van der Waals surface area contributed by atoms with Gasteiger partial charge in [-0.3, -0.25) is 19.9 Å². The van der Waals surface area contributed by atoms with Gasteiger partial charge < -0.3 is 68.1 Å². The number of nitrogens with zero attached hydrogens (tertiary/aromatic N) is 12. The zero-order chi connectivity index (χ0) is 74.7. The second kappa shape index (κ2) is 32.4. The lowest BCUT2D eigenvalue weighted by molar-refractivity contribution is 0.102. The minimum atomic E-state index is -0.618. The summed E-state index contributed by atoms with van der Waals surface area (Å²) in [6.07, 6.45) is 13.5. The maximum atomic E-state index is 12.2. The first-order valence-electron chi connectivity index (χ1n) is 37.5. The Morgan fingerprint density at radius 1 is 0.434 bits per heavy atom. The van der Waals surface area contributed by atoms with Crippen LogP contribution >= 0.6 is 0 Å². The van der Waals surface area contributed by atoms with Gasteiger partial charge in [-0.05, 0) is 202 Å². The van der Waals surface area contributed by atoms with Crippen molar-refractivity contribution >= 4 is 49.7 Å². The molecule has 4 aliphatic heterocycles. The SMILES string of the molecule is CC(C)c1ccc2c(c1)c1c(n2CC(O)c2ccncc2)CCN(C)C1.CC(O)c1ccc2c(c1)c1c(n2CC(O)c2ccncc2)CCN(C)C1.CCOC(=O)N1CCc2c(c3cc(C)ccc3n2CC(O)c2ccncc2)C1.Cc1ccc2c(c1)c1c(n2CC(O)c2ccncc2)C(C)(C)CN(C)C1. The maximum absolute atomic E-state index is 12.2. The Bertz CT molecular complexity index is 4880. The number of pyridine rings is 4. The van der Waals surface area contributed by atoms with Crippen LogP contribution < -0.4 is 0 Å². The number of aliphatic hydroxyl groups excluding tert-OH is 5. The number of carbonyl (C=O) groups excluding carboxylic acids is 1. The van der Waals surface area contributed by atoms with Crippen LogP contribution in [0.1, 0.15) is 168 Å². The van der Waals surface area contributed by atoms with E-state index in [1.54, 1.807) is 61.4 Å². The summed E-state index contributed by atoms with van der Waals surface area (Å²) in [5, 5.41) is 58.2. The van der Waals surface area contributed by atoms with Gasteiger partial charge in [-0.25, -0.2) is 4.79 Å². The molecule has 0 saturated carbocycles. The molecule has 19 nitrogen and oxygen atoms in total. The second-order valence-electron chi connectivity index (χ2n) is 30.6. The number of ether oxygens (including phenoxy) is 1. The van der Waals surface area contributed by atoms with E-state index in [9.17, 15) is 30.3 Å². The Balaban J connectivity index is 0.000000125. The predicted molar refractivity (Wildman–Crippen MR) is 419 cm³/mol. The van der Waals surface area contributed by atoms with Crippen LogP contribution in [0.2, 0.25) is 0 Å². The lowest BCUT2D eigenvalue weighted by atomic mass is 9.82. The summed E-state index contributed by atoms with van der Waals surface area (Å²) in [5.41, 5.74) is 23.6. The van der Waals surface area contributed by atoms with Gasteiger partial charge in [0, 0.05) is 192 Å². The Labute approximate surface area is 622 Å². The molecule has 5 unspecified atom stereocenters. The standard InChI is InChI=1S/C22H25N3O3.2C22H27N3O.C21H25N3O2/c1-3-28-22(27)24-11-8-20-18(13-24)17-12-15(2)4-5-19(17)25(20)14-21(26)16-6-9-23-10-7-16;1-15-5-6-19-17(11-15)18-12-24(4)14-22(2,3)21(18)25(19)13-20(26)16-7-9-23-10-8-16;1-15(2)17-4-5-20-18(12-17)19-13-24(3)11-8-21(19)25(20)14-22(26)16-6-9-23-10-7-16;1-14(25)16-3-4-19-17(11-16)18-12-23(2)10-7-20(18)24(19)13-21(26)15-5-8-22-9-6-15/h4-7,9-10,12,21,26H,3,8,11,13-14H2,1-2H3;5-11,20,26H,12-14H2,1-4H3;4-7,9-10,12,15,22,26H,8,11,13-14H2,1-3H3;3-6,8-9,11,14,21,25-26H,7,10,12-13H2,1-2H3. The van der Waals surface area contributed by atoms with E-state index in [2.05, 4.69) is 182 Å². The monoisotopic (exact) mass is 1430 g/mol. The summed E-state index contributed by atoms with van der Waals surface area (Å²) < 4.78 is 14.3. The van der Waals surface area contributed by atoms with Crippen LogP contribution in [-0.2, 0) is 81.8 Å². The van der Waals surface area contributed by atoms with Gasteiger partial charge in [0.05, 0.1) is 69.9 Å². The van der Waals surface area contributed by atoms with Crippen molar-refractivity contribution in [1.82, 2.24) is 57.8 Å². The summed E-state index contributed by atoms with van der Waals surface area (Å²) in [4.78, 5) is 37.3. The molecule has 16 rings (SSSR count). The average Bonchev–Trinajstić information content (AvgIpc) is 1.59. The lowest BCUT2D eigenvalue weighted by Crippen LogP contribution is -2.41. The van der Waals surface area contributed by atoms with E-state index in [4.69, 9.17) is 4.74 Å². The molecule has 12 heterocycles. The maximum Gasteiger partial charge on any atom is 0.410 e. The molecule has 0 radical (unpaired) electrons. The molecule has 0 bridgehead atoms. The number of aromatic nitrogens is 8. The van der Waals surface area contributed by atoms with Crippen molar-refractivity contribution < 1.29 is 35.1 Å². The van der Waals surface area contributed by atoms with Crippen molar-refractivity contribution in [3.05, 3.63) is 260 Å². The van der Waals surface area contributed by atoms with Gasteiger partial charge in [-0.2, -0.15) is 0 Å². The van der Waals surface area contributed by atoms with Crippen LogP contribution in [0.4, 0.5) is 4.79 Å². The molecule has 8 aromatic heterocycles. The molecular formula is C87H104N12O7. The number of hydrogen-bond donors (Lipinski definition) is 5. The highest BCUT2D eigenvalue weighted by atomic mass is 16.6. The normalized spacial score (nSPS) is 16.5. The van der Waals surface area contributed by atoms with E-state index in [0.29, 0.717) is 51.8 Å². The summed E-state index contributed by atoms with van der Waals surface area (Å²) in [5.74, 6) is 0.516. The van der Waals surface area contributed by atoms with Gasteiger partial charge in [0.15, 0.2) is 0 Å². The van der Waals surface area contributed by atoms with Crippen LogP contribution in [0.25, 0.3) is 43.6 Å². The van der Waals surface area contributed by atoms with E-state index < -0.39 is 30.5 Å². The highest BCUT2D eigenvalue weighted by Gasteiger charge is 2.37. The molecule has 0 aliphatic carbocycles. The summed E-state index contributed by atoms with van der Waals surface area (Å²) in [6.45, 7) is 26.5. The van der Waals surface area contributed by atoms with E-state index in [1.807, 2.05) is 61.5 Å². The second-order valence-corrected chi connectivity index (χ2v) is 30.6. The van der Waals surface area contributed by atoms with Gasteiger partial charge in [0.2, 0.25) is 0 Å². The molecule has 1 amide bonds. The van der Waals surface area contributed by atoms with Gasteiger partial charge in [0.25, 0.3) is 0 Å². The molecule has 554 valence electrons. The van der Waals surface area contributed by atoms with E-state index in [1.165, 1.54) is 83.3 Å². The quantitative estimate of drug-likeness (QED) is 0.0646. The lowest BCUT2D eigenvalue weighted by Gasteiger charge is -2.38. The molecule has 0 saturated heterocycles. The number of fused-ring (bicyclic) bond motifs is 12. The summed E-state index contributed by atoms with van der Waals surface area (Å²) >= 11 is 0. The third kappa shape index (κ3) is 16.0. The third-order valence-corrected chi connectivity index (χ3v) is 21.9. The number of likely N-dealkylation sites (N-methyl/N-ethyl adjacent to an activating group) is 3. The van der Waals surface area contributed by atoms with Crippen LogP contribution in [0.5, 0.6) is 0 Å². The number of carbonyl (C=O) groups is 1.